The Labute approximate surface area is 147 Å². The van der Waals surface area contributed by atoms with Gasteiger partial charge >= 0.3 is 0 Å². The molecule has 0 aromatic heterocycles. The summed E-state index contributed by atoms with van der Waals surface area (Å²) >= 11 is 0. The molecule has 2 aromatic rings. The van der Waals surface area contributed by atoms with E-state index in [0.717, 1.165) is 22.6 Å². The third kappa shape index (κ3) is 4.55. The topological polar surface area (TPSA) is 86.5 Å². The zero-order chi connectivity index (χ0) is 17.6. The summed E-state index contributed by atoms with van der Waals surface area (Å²) in [6.07, 6.45) is 0.305. The predicted molar refractivity (Wildman–Crippen MR) is 96.3 cm³/mol. The molecular weight excluding hydrogens is 318 g/mol. The largest absolute Gasteiger partial charge is 0.497 e. The van der Waals surface area contributed by atoms with E-state index in [9.17, 15) is 4.79 Å². The number of carbonyl (C=O) groups excluding carboxylic acids is 1. The second kappa shape index (κ2) is 8.09. The zero-order valence-corrected chi connectivity index (χ0v) is 14.3. The molecule has 3 rings (SSSR count). The van der Waals surface area contributed by atoms with Crippen molar-refractivity contribution in [2.45, 2.75) is 19.5 Å². The normalized spacial score (nSPS) is 15.8. The summed E-state index contributed by atoms with van der Waals surface area (Å²) in [6.45, 7) is 2.01. The van der Waals surface area contributed by atoms with Crippen molar-refractivity contribution in [2.24, 2.45) is 5.92 Å². The SMILES string of the molecule is COc1cccc(CC(C(=O)Nc2ccc(C)cc2)C2NNNN2)c1. The number of hydrogen-bond donors (Lipinski definition) is 5. The van der Waals surface area contributed by atoms with Crippen LogP contribution in [0.15, 0.2) is 48.5 Å². The molecular formula is C18H23N5O2. The van der Waals surface area contributed by atoms with Crippen LogP contribution in [-0.2, 0) is 11.2 Å². The molecule has 7 nitrogen and oxygen atoms in total. The standard InChI is InChI=1S/C18H23N5O2/c1-12-6-8-14(9-7-12)19-18(24)16(17-20-22-23-21-17)11-13-4-3-5-15(10-13)25-2/h3-10,16-17,20-23H,11H2,1-2H3,(H,19,24). The van der Waals surface area contributed by atoms with Crippen LogP contribution in [0.3, 0.4) is 0 Å². The smallest absolute Gasteiger partial charge is 0.230 e. The lowest BCUT2D eigenvalue weighted by Crippen LogP contribution is -2.47. The maximum Gasteiger partial charge on any atom is 0.230 e. The number of benzene rings is 2. The molecule has 2 aromatic carbocycles. The van der Waals surface area contributed by atoms with E-state index in [1.807, 2.05) is 55.5 Å². The number of anilines is 1. The van der Waals surface area contributed by atoms with Crippen molar-refractivity contribution in [3.05, 3.63) is 59.7 Å². The molecule has 1 atom stereocenters. The third-order valence-corrected chi connectivity index (χ3v) is 4.17. The molecule has 5 N–H and O–H groups in total. The molecule has 25 heavy (non-hydrogen) atoms. The Hall–Kier alpha value is -2.45. The molecule has 7 heteroatoms. The van der Waals surface area contributed by atoms with E-state index in [0.29, 0.717) is 6.42 Å². The Balaban J connectivity index is 1.76. The zero-order valence-electron chi connectivity index (χ0n) is 14.3. The number of rotatable bonds is 6. The first-order valence-electron chi connectivity index (χ1n) is 8.17. The van der Waals surface area contributed by atoms with Crippen molar-refractivity contribution < 1.29 is 9.53 Å². The van der Waals surface area contributed by atoms with E-state index in [1.54, 1.807) is 7.11 Å². The first kappa shape index (κ1) is 17.4. The van der Waals surface area contributed by atoms with Gasteiger partial charge in [0, 0.05) is 5.69 Å². The van der Waals surface area contributed by atoms with E-state index in [-0.39, 0.29) is 18.0 Å². The number of hydrazine groups is 3. The van der Waals surface area contributed by atoms with Crippen LogP contribution in [0, 0.1) is 12.8 Å². The Kier molecular flexibility index (Phi) is 5.62. The minimum atomic E-state index is -0.337. The lowest BCUT2D eigenvalue weighted by molar-refractivity contribution is -0.120. The Bertz CT molecular complexity index is 714. The van der Waals surface area contributed by atoms with Crippen LogP contribution in [0.1, 0.15) is 11.1 Å². The molecule has 1 aliphatic rings. The monoisotopic (exact) mass is 341 g/mol. The summed E-state index contributed by atoms with van der Waals surface area (Å²) < 4.78 is 5.27. The summed E-state index contributed by atoms with van der Waals surface area (Å²) in [7, 11) is 1.63. The van der Waals surface area contributed by atoms with Crippen molar-refractivity contribution in [3.8, 4) is 5.75 Å². The van der Waals surface area contributed by atoms with E-state index < -0.39 is 0 Å². The molecule has 0 spiro atoms. The fraction of sp³-hybridized carbons (Fsp3) is 0.278. The Morgan fingerprint density at radius 3 is 2.56 bits per heavy atom. The van der Waals surface area contributed by atoms with Gasteiger partial charge in [0.25, 0.3) is 0 Å². The van der Waals surface area contributed by atoms with Gasteiger partial charge < -0.3 is 10.1 Å². The van der Waals surface area contributed by atoms with E-state index in [1.165, 1.54) is 0 Å². The highest BCUT2D eigenvalue weighted by Gasteiger charge is 2.31. The number of ether oxygens (including phenoxy) is 1. The van der Waals surface area contributed by atoms with Crippen LogP contribution < -0.4 is 32.0 Å². The Morgan fingerprint density at radius 1 is 1.16 bits per heavy atom. The predicted octanol–water partition coefficient (Wildman–Crippen LogP) is 1.24. The number of amides is 1. The highest BCUT2D eigenvalue weighted by atomic mass is 16.5. The van der Waals surface area contributed by atoms with Gasteiger partial charge in [0.15, 0.2) is 0 Å². The van der Waals surface area contributed by atoms with Crippen molar-refractivity contribution in [3.63, 3.8) is 0 Å². The molecule has 0 radical (unpaired) electrons. The molecule has 0 bridgehead atoms. The maximum absolute atomic E-state index is 12.9. The van der Waals surface area contributed by atoms with Crippen molar-refractivity contribution in [1.82, 2.24) is 21.9 Å². The van der Waals surface area contributed by atoms with Gasteiger partial charge in [0.2, 0.25) is 5.91 Å². The number of hydrogen-bond acceptors (Lipinski definition) is 6. The lowest BCUT2D eigenvalue weighted by Gasteiger charge is -2.22. The average molecular weight is 341 g/mol. The van der Waals surface area contributed by atoms with Gasteiger partial charge in [-0.3, -0.25) is 4.79 Å². The highest BCUT2D eigenvalue weighted by Crippen LogP contribution is 2.19. The minimum absolute atomic E-state index is 0.0674. The average Bonchev–Trinajstić information content (AvgIpc) is 3.16. The molecule has 1 aliphatic heterocycles. The van der Waals surface area contributed by atoms with Gasteiger partial charge in [0.1, 0.15) is 5.75 Å². The molecule has 1 amide bonds. The van der Waals surface area contributed by atoms with Gasteiger partial charge in [-0.2, -0.15) is 11.1 Å². The molecule has 1 unspecified atom stereocenters. The lowest BCUT2D eigenvalue weighted by atomic mass is 9.95. The summed E-state index contributed by atoms with van der Waals surface area (Å²) in [6, 6.07) is 15.5. The van der Waals surface area contributed by atoms with Gasteiger partial charge in [-0.15, -0.1) is 0 Å². The van der Waals surface area contributed by atoms with Crippen LogP contribution in [0.2, 0.25) is 0 Å². The van der Waals surface area contributed by atoms with Crippen molar-refractivity contribution in [1.29, 1.82) is 0 Å². The van der Waals surface area contributed by atoms with Crippen molar-refractivity contribution >= 4 is 11.6 Å². The van der Waals surface area contributed by atoms with Gasteiger partial charge in [-0.25, -0.2) is 10.9 Å². The minimum Gasteiger partial charge on any atom is -0.497 e. The van der Waals surface area contributed by atoms with Crippen LogP contribution in [0.25, 0.3) is 0 Å². The molecule has 1 fully saturated rings. The van der Waals surface area contributed by atoms with Crippen LogP contribution >= 0.6 is 0 Å². The summed E-state index contributed by atoms with van der Waals surface area (Å²) in [4.78, 5) is 12.9. The summed E-state index contributed by atoms with van der Waals surface area (Å²) in [5, 5.41) is 2.99. The van der Waals surface area contributed by atoms with Gasteiger partial charge in [-0.1, -0.05) is 29.8 Å². The molecule has 1 heterocycles. The summed E-state index contributed by atoms with van der Waals surface area (Å²) in [5.41, 5.74) is 14.5. The number of methoxy groups -OCH3 is 1. The van der Waals surface area contributed by atoms with Gasteiger partial charge in [0.05, 0.1) is 19.2 Å². The molecule has 132 valence electrons. The number of aryl methyl sites for hydroxylation is 1. The first-order valence-corrected chi connectivity index (χ1v) is 8.17. The van der Waals surface area contributed by atoms with E-state index in [4.69, 9.17) is 4.74 Å². The van der Waals surface area contributed by atoms with Crippen molar-refractivity contribution in [2.75, 3.05) is 12.4 Å². The molecule has 1 saturated heterocycles. The van der Waals surface area contributed by atoms with Crippen LogP contribution in [0.5, 0.6) is 5.75 Å². The number of nitrogens with one attached hydrogen (secondary N) is 5. The molecule has 0 saturated carbocycles. The highest BCUT2D eigenvalue weighted by molar-refractivity contribution is 5.93. The maximum atomic E-state index is 12.9. The molecule has 0 aliphatic carbocycles. The van der Waals surface area contributed by atoms with Crippen LogP contribution in [-0.4, -0.2) is 19.2 Å². The van der Waals surface area contributed by atoms with E-state index >= 15 is 0 Å². The number of carbonyl (C=O) groups is 1. The fourth-order valence-corrected chi connectivity index (χ4v) is 2.75. The second-order valence-corrected chi connectivity index (χ2v) is 6.03. The summed E-state index contributed by atoms with van der Waals surface area (Å²) in [5.74, 6) is 0.372. The van der Waals surface area contributed by atoms with E-state index in [2.05, 4.69) is 27.2 Å². The fourth-order valence-electron chi connectivity index (χ4n) is 2.75. The quantitative estimate of drug-likeness (QED) is 0.544. The van der Waals surface area contributed by atoms with Crippen LogP contribution in [0.4, 0.5) is 5.69 Å². The van der Waals surface area contributed by atoms with Gasteiger partial charge in [-0.05, 0) is 43.2 Å². The first-order chi connectivity index (χ1) is 12.2. The third-order valence-electron chi connectivity index (χ3n) is 4.17. The second-order valence-electron chi connectivity index (χ2n) is 6.03. The Morgan fingerprint density at radius 2 is 1.88 bits per heavy atom.